The molecule has 0 N–H and O–H groups in total. The molecule has 0 aromatic heterocycles. The average Bonchev–Trinajstić information content (AvgIpc) is 2.53. The van der Waals surface area contributed by atoms with E-state index in [0.717, 1.165) is 25.0 Å². The minimum Gasteiger partial charge on any atom is -0.484 e. The fourth-order valence-electron chi connectivity index (χ4n) is 2.74. The fraction of sp³-hybridized carbons (Fsp3) is 0.588. The molecule has 110 valence electrons. The summed E-state index contributed by atoms with van der Waals surface area (Å²) in [5, 5.41) is 0. The smallest absolute Gasteiger partial charge is 0.260 e. The summed E-state index contributed by atoms with van der Waals surface area (Å²) >= 11 is 0. The van der Waals surface area contributed by atoms with Crippen molar-refractivity contribution in [1.82, 2.24) is 4.90 Å². The van der Waals surface area contributed by atoms with Crippen molar-refractivity contribution in [2.75, 3.05) is 13.7 Å². The summed E-state index contributed by atoms with van der Waals surface area (Å²) in [6.07, 6.45) is 7.06. The summed E-state index contributed by atoms with van der Waals surface area (Å²) in [7, 11) is 1.90. The van der Waals surface area contributed by atoms with Gasteiger partial charge in [-0.05, 0) is 37.0 Å². The highest BCUT2D eigenvalue weighted by Crippen LogP contribution is 2.21. The monoisotopic (exact) mass is 275 g/mol. The Labute approximate surface area is 121 Å². The lowest BCUT2D eigenvalue weighted by Gasteiger charge is -2.31. The first kappa shape index (κ1) is 14.9. The molecule has 3 nitrogen and oxygen atoms in total. The molecule has 0 spiro atoms. The second kappa shape index (κ2) is 7.32. The van der Waals surface area contributed by atoms with E-state index in [1.807, 2.05) is 36.2 Å². The van der Waals surface area contributed by atoms with E-state index in [1.54, 1.807) is 0 Å². The summed E-state index contributed by atoms with van der Waals surface area (Å²) in [6.45, 7) is 2.26. The number of benzene rings is 1. The Kier molecular flexibility index (Phi) is 5.45. The number of aryl methyl sites for hydroxylation is 1. The van der Waals surface area contributed by atoms with Gasteiger partial charge in [-0.3, -0.25) is 4.79 Å². The van der Waals surface area contributed by atoms with Gasteiger partial charge in [-0.15, -0.1) is 0 Å². The zero-order valence-corrected chi connectivity index (χ0v) is 12.6. The van der Waals surface area contributed by atoms with Crippen molar-refractivity contribution in [3.05, 3.63) is 29.8 Å². The Morgan fingerprint density at radius 3 is 2.45 bits per heavy atom. The standard InChI is InChI=1S/C17H25NO2/c1-3-14-9-11-16(12-10-14)20-13-17(19)18(2)15-7-5-4-6-8-15/h9-12,15H,3-8,13H2,1-2H3. The van der Waals surface area contributed by atoms with Gasteiger partial charge < -0.3 is 9.64 Å². The predicted molar refractivity (Wildman–Crippen MR) is 81.0 cm³/mol. The van der Waals surface area contributed by atoms with Crippen molar-refractivity contribution in [3.63, 3.8) is 0 Å². The molecule has 1 aromatic rings. The van der Waals surface area contributed by atoms with E-state index >= 15 is 0 Å². The molecule has 0 atom stereocenters. The van der Waals surface area contributed by atoms with Crippen molar-refractivity contribution < 1.29 is 9.53 Å². The fourth-order valence-corrected chi connectivity index (χ4v) is 2.74. The van der Waals surface area contributed by atoms with Gasteiger partial charge in [0.15, 0.2) is 6.61 Å². The molecule has 1 saturated carbocycles. The molecule has 2 rings (SSSR count). The number of hydrogen-bond donors (Lipinski definition) is 0. The first-order valence-electron chi connectivity index (χ1n) is 7.68. The van der Waals surface area contributed by atoms with E-state index in [4.69, 9.17) is 4.74 Å². The Balaban J connectivity index is 1.81. The molecule has 0 saturated heterocycles. The van der Waals surface area contributed by atoms with Crippen LogP contribution >= 0.6 is 0 Å². The van der Waals surface area contributed by atoms with Crippen LogP contribution in [0.15, 0.2) is 24.3 Å². The van der Waals surface area contributed by atoms with Gasteiger partial charge in [-0.1, -0.05) is 38.3 Å². The summed E-state index contributed by atoms with van der Waals surface area (Å²) < 4.78 is 5.59. The number of amides is 1. The lowest BCUT2D eigenvalue weighted by Crippen LogP contribution is -2.40. The van der Waals surface area contributed by atoms with Crippen LogP contribution in [0.2, 0.25) is 0 Å². The van der Waals surface area contributed by atoms with Gasteiger partial charge in [-0.25, -0.2) is 0 Å². The molecule has 3 heteroatoms. The van der Waals surface area contributed by atoms with Crippen LogP contribution < -0.4 is 4.74 Å². The van der Waals surface area contributed by atoms with Gasteiger partial charge >= 0.3 is 0 Å². The van der Waals surface area contributed by atoms with Gasteiger partial charge in [-0.2, -0.15) is 0 Å². The highest BCUT2D eigenvalue weighted by Gasteiger charge is 2.22. The number of hydrogen-bond acceptors (Lipinski definition) is 2. The number of nitrogens with zero attached hydrogens (tertiary/aromatic N) is 1. The molecule has 0 bridgehead atoms. The van der Waals surface area contributed by atoms with E-state index in [0.29, 0.717) is 6.04 Å². The van der Waals surface area contributed by atoms with Crippen molar-refractivity contribution in [3.8, 4) is 5.75 Å². The molecule has 1 aliphatic rings. The van der Waals surface area contributed by atoms with Crippen molar-refractivity contribution in [2.24, 2.45) is 0 Å². The third kappa shape index (κ3) is 3.99. The van der Waals surface area contributed by atoms with Gasteiger partial charge in [0.05, 0.1) is 0 Å². The zero-order valence-electron chi connectivity index (χ0n) is 12.6. The number of carbonyl (C=O) groups is 1. The Morgan fingerprint density at radius 1 is 1.20 bits per heavy atom. The van der Waals surface area contributed by atoms with E-state index in [9.17, 15) is 4.79 Å². The van der Waals surface area contributed by atoms with Crippen molar-refractivity contribution >= 4 is 5.91 Å². The molecular formula is C17H25NO2. The van der Waals surface area contributed by atoms with Gasteiger partial charge in [0.2, 0.25) is 0 Å². The van der Waals surface area contributed by atoms with Crippen LogP contribution in [0.3, 0.4) is 0 Å². The predicted octanol–water partition coefficient (Wildman–Crippen LogP) is 3.42. The van der Waals surface area contributed by atoms with Crippen LogP contribution in [0.25, 0.3) is 0 Å². The van der Waals surface area contributed by atoms with Gasteiger partial charge in [0, 0.05) is 13.1 Å². The molecule has 0 unspecified atom stereocenters. The lowest BCUT2D eigenvalue weighted by molar-refractivity contribution is -0.134. The maximum Gasteiger partial charge on any atom is 0.260 e. The van der Waals surface area contributed by atoms with Crippen LogP contribution in [0.1, 0.15) is 44.6 Å². The molecule has 1 fully saturated rings. The van der Waals surface area contributed by atoms with Crippen molar-refractivity contribution in [1.29, 1.82) is 0 Å². The first-order valence-corrected chi connectivity index (χ1v) is 7.68. The minimum absolute atomic E-state index is 0.0801. The van der Waals surface area contributed by atoms with Crippen molar-refractivity contribution in [2.45, 2.75) is 51.5 Å². The molecule has 0 aliphatic heterocycles. The van der Waals surface area contributed by atoms with Crippen LogP contribution in [0, 0.1) is 0 Å². The third-order valence-corrected chi connectivity index (χ3v) is 4.21. The molecule has 1 aliphatic carbocycles. The quantitative estimate of drug-likeness (QED) is 0.824. The van der Waals surface area contributed by atoms with Crippen LogP contribution in [-0.4, -0.2) is 30.5 Å². The third-order valence-electron chi connectivity index (χ3n) is 4.21. The second-order valence-electron chi connectivity index (χ2n) is 5.58. The van der Waals surface area contributed by atoms with Gasteiger partial charge in [0.1, 0.15) is 5.75 Å². The summed E-state index contributed by atoms with van der Waals surface area (Å²) in [6, 6.07) is 8.37. The number of rotatable bonds is 5. The van der Waals surface area contributed by atoms with Crippen LogP contribution in [-0.2, 0) is 11.2 Å². The minimum atomic E-state index is 0.0801. The maximum absolute atomic E-state index is 12.1. The molecule has 0 heterocycles. The summed E-state index contributed by atoms with van der Waals surface area (Å²) in [4.78, 5) is 14.0. The number of carbonyl (C=O) groups excluding carboxylic acids is 1. The van der Waals surface area contributed by atoms with Gasteiger partial charge in [0.25, 0.3) is 5.91 Å². The average molecular weight is 275 g/mol. The Bertz CT molecular complexity index is 421. The summed E-state index contributed by atoms with van der Waals surface area (Å²) in [5.41, 5.74) is 1.28. The normalized spacial score (nSPS) is 15.9. The molecule has 0 radical (unpaired) electrons. The van der Waals surface area contributed by atoms with E-state index < -0.39 is 0 Å². The van der Waals surface area contributed by atoms with E-state index in [2.05, 4.69) is 6.92 Å². The van der Waals surface area contributed by atoms with E-state index in [1.165, 1.54) is 24.8 Å². The molecule has 20 heavy (non-hydrogen) atoms. The highest BCUT2D eigenvalue weighted by molar-refractivity contribution is 5.77. The Hall–Kier alpha value is -1.51. The first-order chi connectivity index (χ1) is 9.70. The largest absolute Gasteiger partial charge is 0.484 e. The van der Waals surface area contributed by atoms with E-state index in [-0.39, 0.29) is 12.5 Å². The summed E-state index contributed by atoms with van der Waals surface area (Å²) in [5.74, 6) is 0.851. The molecule has 1 amide bonds. The maximum atomic E-state index is 12.1. The Morgan fingerprint density at radius 2 is 1.85 bits per heavy atom. The molecule has 1 aromatic carbocycles. The number of ether oxygens (including phenoxy) is 1. The molecular weight excluding hydrogens is 250 g/mol. The lowest BCUT2D eigenvalue weighted by atomic mass is 9.94. The van der Waals surface area contributed by atoms with Crippen LogP contribution in [0.4, 0.5) is 0 Å². The topological polar surface area (TPSA) is 29.5 Å². The second-order valence-corrected chi connectivity index (χ2v) is 5.58. The highest BCUT2D eigenvalue weighted by atomic mass is 16.5. The SMILES string of the molecule is CCc1ccc(OCC(=O)N(C)C2CCCCC2)cc1. The van der Waals surface area contributed by atoms with Crippen LogP contribution in [0.5, 0.6) is 5.75 Å². The number of likely N-dealkylation sites (N-methyl/N-ethyl adjacent to an activating group) is 1. The zero-order chi connectivity index (χ0) is 14.4.